The smallest absolute Gasteiger partial charge is 0.497 e. The number of aromatic nitrogens is 5. The second-order valence-corrected chi connectivity index (χ2v) is 10.9. The molecular formula is C37H23N5OPt. The summed E-state index contributed by atoms with van der Waals surface area (Å²) in [5.41, 5.74) is 8.74. The molecule has 44 heavy (non-hydrogen) atoms. The monoisotopic (exact) mass is 748 g/mol. The Morgan fingerprint density at radius 2 is 1.27 bits per heavy atom. The minimum atomic E-state index is 0. The van der Waals surface area contributed by atoms with E-state index in [-0.39, 0.29) is 21.1 Å². The van der Waals surface area contributed by atoms with Crippen molar-refractivity contribution in [2.24, 2.45) is 0 Å². The molecule has 212 valence electrons. The standard InChI is InChI=1S/C37H23N5O.Pt/c1-22-5-3-6-23(2)34(22)30-8-4-7-29-27-12-10-25(20-32(27)37-40-16-18-42(37)35(29)30)43-24-9-11-26-28-13-14-38-21-33(28)41-17-15-39-36(41)31(26)19-24;/h3-18,21H,1-2H3;/q-2;+2. The molecule has 0 atom stereocenters. The summed E-state index contributed by atoms with van der Waals surface area (Å²) in [6.07, 6.45) is 11.3. The number of benzene rings is 4. The number of para-hydroxylation sites is 1. The molecule has 4 aromatic carbocycles. The van der Waals surface area contributed by atoms with Gasteiger partial charge in [0.15, 0.2) is 0 Å². The molecule has 0 fully saturated rings. The van der Waals surface area contributed by atoms with E-state index in [1.54, 1.807) is 6.20 Å². The van der Waals surface area contributed by atoms with Crippen molar-refractivity contribution in [1.82, 2.24) is 23.8 Å². The van der Waals surface area contributed by atoms with Crippen molar-refractivity contribution in [3.05, 3.63) is 127 Å². The van der Waals surface area contributed by atoms with Gasteiger partial charge in [-0.05, 0) is 47.4 Å². The third-order valence-corrected chi connectivity index (χ3v) is 8.45. The molecule has 0 spiro atoms. The second-order valence-electron chi connectivity index (χ2n) is 10.9. The van der Waals surface area contributed by atoms with E-state index < -0.39 is 0 Å². The first kappa shape index (κ1) is 26.6. The van der Waals surface area contributed by atoms with Gasteiger partial charge in [-0.25, -0.2) is 0 Å². The molecule has 0 aliphatic rings. The van der Waals surface area contributed by atoms with Crippen LogP contribution in [0.1, 0.15) is 11.1 Å². The molecule has 5 aromatic heterocycles. The first-order valence-corrected chi connectivity index (χ1v) is 14.2. The summed E-state index contributed by atoms with van der Waals surface area (Å²) in [6.45, 7) is 4.34. The third kappa shape index (κ3) is 3.81. The molecule has 0 saturated heterocycles. The summed E-state index contributed by atoms with van der Waals surface area (Å²) in [5, 5.41) is 6.16. The summed E-state index contributed by atoms with van der Waals surface area (Å²) in [6, 6.07) is 30.1. The van der Waals surface area contributed by atoms with Crippen LogP contribution in [0.2, 0.25) is 0 Å². The van der Waals surface area contributed by atoms with Gasteiger partial charge in [-0.15, -0.1) is 12.1 Å². The van der Waals surface area contributed by atoms with E-state index >= 15 is 0 Å². The summed E-state index contributed by atoms with van der Waals surface area (Å²) < 4.78 is 10.6. The summed E-state index contributed by atoms with van der Waals surface area (Å²) in [4.78, 5) is 13.7. The van der Waals surface area contributed by atoms with Gasteiger partial charge >= 0.3 is 21.1 Å². The van der Waals surface area contributed by atoms with Crippen LogP contribution >= 0.6 is 0 Å². The van der Waals surface area contributed by atoms with Crippen molar-refractivity contribution in [2.45, 2.75) is 13.8 Å². The van der Waals surface area contributed by atoms with Crippen molar-refractivity contribution in [2.75, 3.05) is 0 Å². The van der Waals surface area contributed by atoms with Gasteiger partial charge in [-0.3, -0.25) is 15.0 Å². The molecule has 0 unspecified atom stereocenters. The van der Waals surface area contributed by atoms with E-state index in [0.29, 0.717) is 11.5 Å². The maximum Gasteiger partial charge on any atom is 2.00 e. The van der Waals surface area contributed by atoms with Gasteiger partial charge in [0, 0.05) is 59.8 Å². The molecule has 0 bridgehead atoms. The van der Waals surface area contributed by atoms with Gasteiger partial charge in [-0.1, -0.05) is 82.2 Å². The fourth-order valence-corrected chi connectivity index (χ4v) is 6.61. The molecule has 0 aliphatic carbocycles. The largest absolute Gasteiger partial charge is 2.00 e. The number of imidazole rings is 2. The summed E-state index contributed by atoms with van der Waals surface area (Å²) in [5.74, 6) is 1.20. The molecule has 6 nitrogen and oxygen atoms in total. The minimum Gasteiger partial charge on any atom is -0.497 e. The van der Waals surface area contributed by atoms with Crippen LogP contribution in [0.3, 0.4) is 0 Å². The van der Waals surface area contributed by atoms with Crippen LogP contribution in [-0.4, -0.2) is 23.8 Å². The molecule has 9 rings (SSSR count). The second kappa shape index (κ2) is 10.0. The van der Waals surface area contributed by atoms with Crippen molar-refractivity contribution in [3.8, 4) is 22.6 Å². The number of pyridine rings is 3. The first-order valence-electron chi connectivity index (χ1n) is 14.2. The Balaban J connectivity index is 0.00000289. The molecule has 0 amide bonds. The zero-order valence-corrected chi connectivity index (χ0v) is 26.0. The van der Waals surface area contributed by atoms with Crippen LogP contribution in [0.4, 0.5) is 0 Å². The molecule has 5 heterocycles. The Morgan fingerprint density at radius 3 is 2.00 bits per heavy atom. The van der Waals surface area contributed by atoms with E-state index in [9.17, 15) is 0 Å². The predicted molar refractivity (Wildman–Crippen MR) is 171 cm³/mol. The van der Waals surface area contributed by atoms with E-state index in [4.69, 9.17) is 9.72 Å². The van der Waals surface area contributed by atoms with Gasteiger partial charge in [0.1, 0.15) is 0 Å². The molecule has 9 aromatic rings. The fraction of sp³-hybridized carbons (Fsp3) is 0.0541. The number of fused-ring (bicyclic) bond motifs is 12. The predicted octanol–water partition coefficient (Wildman–Crippen LogP) is 8.66. The quantitative estimate of drug-likeness (QED) is 0.134. The number of hydrogen-bond acceptors (Lipinski definition) is 4. The fourth-order valence-electron chi connectivity index (χ4n) is 6.61. The number of rotatable bonds is 3. The third-order valence-electron chi connectivity index (χ3n) is 8.45. The Morgan fingerprint density at radius 1 is 0.636 bits per heavy atom. The average Bonchev–Trinajstić information content (AvgIpc) is 3.72. The van der Waals surface area contributed by atoms with E-state index in [2.05, 4.69) is 88.9 Å². The zero-order valence-electron chi connectivity index (χ0n) is 23.8. The zero-order chi connectivity index (χ0) is 28.7. The maximum atomic E-state index is 6.40. The van der Waals surface area contributed by atoms with Crippen LogP contribution in [0.15, 0.2) is 104 Å². The van der Waals surface area contributed by atoms with Gasteiger partial charge < -0.3 is 13.5 Å². The van der Waals surface area contributed by atoms with Crippen molar-refractivity contribution >= 4 is 54.6 Å². The van der Waals surface area contributed by atoms with Gasteiger partial charge in [0.25, 0.3) is 0 Å². The maximum absolute atomic E-state index is 6.40. The van der Waals surface area contributed by atoms with E-state index in [1.165, 1.54) is 22.3 Å². The van der Waals surface area contributed by atoms with Gasteiger partial charge in [0.05, 0.1) is 16.8 Å². The molecule has 7 heteroatoms. The molecule has 0 saturated carbocycles. The van der Waals surface area contributed by atoms with Crippen LogP contribution < -0.4 is 4.74 Å². The van der Waals surface area contributed by atoms with Gasteiger partial charge in [-0.2, -0.15) is 0 Å². The number of ether oxygens (including phenoxy) is 1. The molecule has 0 radical (unpaired) electrons. The summed E-state index contributed by atoms with van der Waals surface area (Å²) >= 11 is 0. The first-order chi connectivity index (χ1) is 21.2. The Bertz CT molecular complexity index is 2560. The van der Waals surface area contributed by atoms with Crippen LogP contribution in [-0.2, 0) is 21.1 Å². The Labute approximate surface area is 266 Å². The molecular weight excluding hydrogens is 726 g/mol. The van der Waals surface area contributed by atoms with Crippen molar-refractivity contribution in [3.63, 3.8) is 0 Å². The van der Waals surface area contributed by atoms with Crippen LogP contribution in [0, 0.1) is 26.0 Å². The minimum absolute atomic E-state index is 0. The van der Waals surface area contributed by atoms with E-state index in [1.807, 2.05) is 53.6 Å². The molecule has 0 N–H and O–H groups in total. The molecule has 0 aliphatic heterocycles. The van der Waals surface area contributed by atoms with Gasteiger partial charge in [0.2, 0.25) is 0 Å². The number of hydrogen-bond donors (Lipinski definition) is 0. The van der Waals surface area contributed by atoms with Crippen molar-refractivity contribution < 1.29 is 25.8 Å². The van der Waals surface area contributed by atoms with Crippen LogP contribution in [0.25, 0.3) is 65.8 Å². The Kier molecular flexibility index (Phi) is 6.04. The number of nitrogens with zero attached hydrogens (tertiary/aromatic N) is 5. The van der Waals surface area contributed by atoms with E-state index in [0.717, 1.165) is 54.6 Å². The Hall–Kier alpha value is -5.06. The summed E-state index contributed by atoms with van der Waals surface area (Å²) in [7, 11) is 0. The average molecular weight is 749 g/mol. The normalized spacial score (nSPS) is 11.7. The topological polar surface area (TPSA) is 56.7 Å². The van der Waals surface area contributed by atoms with Crippen LogP contribution in [0.5, 0.6) is 11.5 Å². The SMILES string of the molecule is Cc1cccc(C)c1-c1cccc2c3ccc(Oc4[c-]c5c(cc4)c4ccncc4n4ccnc54)[c-]c3c3nccn3c12.[Pt+2]. The van der Waals surface area contributed by atoms with Crippen molar-refractivity contribution in [1.29, 1.82) is 0 Å². The number of aryl methyl sites for hydroxylation is 2.